The van der Waals surface area contributed by atoms with Crippen molar-refractivity contribution in [3.05, 3.63) is 0 Å². The van der Waals surface area contributed by atoms with Crippen LogP contribution in [-0.2, 0) is 9.53 Å². The summed E-state index contributed by atoms with van der Waals surface area (Å²) in [6.45, 7) is 0.570. The number of hydrogen-bond acceptors (Lipinski definition) is 3. The van der Waals surface area contributed by atoms with Crippen LogP contribution < -0.4 is 5.32 Å². The van der Waals surface area contributed by atoms with E-state index < -0.39 is 0 Å². The van der Waals surface area contributed by atoms with Crippen molar-refractivity contribution in [3.63, 3.8) is 0 Å². The van der Waals surface area contributed by atoms with Gasteiger partial charge in [-0.3, -0.25) is 4.79 Å². The van der Waals surface area contributed by atoms with Gasteiger partial charge in [0, 0.05) is 19.6 Å². The molecule has 0 aromatic heterocycles. The molecule has 4 heteroatoms. The zero-order valence-corrected chi connectivity index (χ0v) is 10.5. The molecule has 0 radical (unpaired) electrons. The molecular formula is C13H23NO3. The molecule has 98 valence electrons. The predicted octanol–water partition coefficient (Wildman–Crippen LogP) is 0.936. The molecule has 2 saturated carbocycles. The Morgan fingerprint density at radius 3 is 2.59 bits per heavy atom. The highest BCUT2D eigenvalue weighted by Crippen LogP contribution is 2.55. The highest BCUT2D eigenvalue weighted by molar-refractivity contribution is 5.82. The number of amides is 1. The molecule has 2 aliphatic rings. The van der Waals surface area contributed by atoms with Gasteiger partial charge in [-0.05, 0) is 31.1 Å². The van der Waals surface area contributed by atoms with Crippen LogP contribution in [0.25, 0.3) is 0 Å². The number of aliphatic hydroxyl groups excluding tert-OH is 1. The summed E-state index contributed by atoms with van der Waals surface area (Å²) < 4.78 is 4.96. The van der Waals surface area contributed by atoms with Crippen molar-refractivity contribution in [2.24, 2.45) is 17.8 Å². The second-order valence-corrected chi connectivity index (χ2v) is 5.31. The third kappa shape index (κ3) is 2.99. The van der Waals surface area contributed by atoms with E-state index in [0.29, 0.717) is 24.9 Å². The second kappa shape index (κ2) is 5.83. The Kier molecular flexibility index (Phi) is 4.40. The van der Waals surface area contributed by atoms with Crippen LogP contribution in [0.15, 0.2) is 0 Å². The lowest BCUT2D eigenvalue weighted by atomic mass is 10.0. The second-order valence-electron chi connectivity index (χ2n) is 5.31. The van der Waals surface area contributed by atoms with Gasteiger partial charge in [-0.1, -0.05) is 12.8 Å². The standard InChI is InChI=1S/C13H23NO3/c1-17-7-6-9(8-15)14-13(16)12-10-4-2-3-5-11(10)12/h9-12,15H,2-8H2,1H3,(H,14,16). The average Bonchev–Trinajstić information content (AvgIpc) is 3.08. The molecule has 4 nitrogen and oxygen atoms in total. The fourth-order valence-electron chi connectivity index (χ4n) is 3.15. The Morgan fingerprint density at radius 2 is 2.06 bits per heavy atom. The molecule has 0 bridgehead atoms. The van der Waals surface area contributed by atoms with Crippen LogP contribution in [0.1, 0.15) is 32.1 Å². The Hall–Kier alpha value is -0.610. The van der Waals surface area contributed by atoms with Gasteiger partial charge in [0.25, 0.3) is 0 Å². The van der Waals surface area contributed by atoms with Crippen molar-refractivity contribution in [1.82, 2.24) is 5.32 Å². The van der Waals surface area contributed by atoms with E-state index >= 15 is 0 Å². The zero-order chi connectivity index (χ0) is 12.3. The predicted molar refractivity (Wildman–Crippen MR) is 64.4 cm³/mol. The van der Waals surface area contributed by atoms with Gasteiger partial charge < -0.3 is 15.2 Å². The first kappa shape index (κ1) is 12.8. The Labute approximate surface area is 103 Å². The lowest BCUT2D eigenvalue weighted by Gasteiger charge is -2.15. The van der Waals surface area contributed by atoms with Crippen LogP contribution in [0, 0.1) is 17.8 Å². The number of rotatable bonds is 6. The minimum absolute atomic E-state index is 0.00282. The molecule has 0 saturated heterocycles. The van der Waals surface area contributed by atoms with Gasteiger partial charge >= 0.3 is 0 Å². The summed E-state index contributed by atoms with van der Waals surface area (Å²) in [7, 11) is 1.63. The first-order chi connectivity index (χ1) is 8.27. The SMILES string of the molecule is COCCC(CO)NC(=O)C1C2CCCCC21. The Morgan fingerprint density at radius 1 is 1.41 bits per heavy atom. The highest BCUT2D eigenvalue weighted by atomic mass is 16.5. The number of methoxy groups -OCH3 is 1. The van der Waals surface area contributed by atoms with E-state index in [0.717, 1.165) is 0 Å². The van der Waals surface area contributed by atoms with Crippen LogP contribution >= 0.6 is 0 Å². The quantitative estimate of drug-likeness (QED) is 0.727. The molecule has 2 fully saturated rings. The number of aliphatic hydroxyl groups is 1. The molecule has 1 amide bonds. The number of hydrogen-bond donors (Lipinski definition) is 2. The number of fused-ring (bicyclic) bond motifs is 1. The molecule has 0 spiro atoms. The van der Waals surface area contributed by atoms with Crippen molar-refractivity contribution < 1.29 is 14.6 Å². The first-order valence-corrected chi connectivity index (χ1v) is 6.68. The van der Waals surface area contributed by atoms with E-state index in [2.05, 4.69) is 5.32 Å². The minimum atomic E-state index is -0.148. The topological polar surface area (TPSA) is 58.6 Å². The molecule has 0 aromatic carbocycles. The van der Waals surface area contributed by atoms with E-state index in [4.69, 9.17) is 4.74 Å². The third-order valence-electron chi connectivity index (χ3n) is 4.20. The van der Waals surface area contributed by atoms with Crippen LogP contribution in [0.5, 0.6) is 0 Å². The van der Waals surface area contributed by atoms with Crippen LogP contribution in [0.4, 0.5) is 0 Å². The van der Waals surface area contributed by atoms with Gasteiger partial charge in [0.05, 0.1) is 12.6 Å². The zero-order valence-electron chi connectivity index (χ0n) is 10.5. The lowest BCUT2D eigenvalue weighted by molar-refractivity contribution is -0.124. The largest absolute Gasteiger partial charge is 0.394 e. The molecular weight excluding hydrogens is 218 g/mol. The van der Waals surface area contributed by atoms with Gasteiger partial charge in [0.2, 0.25) is 5.91 Å². The molecule has 17 heavy (non-hydrogen) atoms. The van der Waals surface area contributed by atoms with Crippen molar-refractivity contribution >= 4 is 5.91 Å². The molecule has 2 rings (SSSR count). The number of nitrogens with one attached hydrogen (secondary N) is 1. The van der Waals surface area contributed by atoms with E-state index in [1.54, 1.807) is 7.11 Å². The minimum Gasteiger partial charge on any atom is -0.394 e. The highest BCUT2D eigenvalue weighted by Gasteiger charge is 2.54. The van der Waals surface area contributed by atoms with Crippen molar-refractivity contribution in [2.75, 3.05) is 20.3 Å². The molecule has 0 aromatic rings. The Bertz CT molecular complexity index is 257. The van der Waals surface area contributed by atoms with Crippen molar-refractivity contribution in [2.45, 2.75) is 38.1 Å². The van der Waals surface area contributed by atoms with E-state index in [1.807, 2.05) is 0 Å². The van der Waals surface area contributed by atoms with Gasteiger partial charge in [-0.15, -0.1) is 0 Å². The summed E-state index contributed by atoms with van der Waals surface area (Å²) in [4.78, 5) is 12.0. The van der Waals surface area contributed by atoms with Crippen molar-refractivity contribution in [1.29, 1.82) is 0 Å². The molecule has 3 atom stereocenters. The maximum absolute atomic E-state index is 12.0. The van der Waals surface area contributed by atoms with Crippen LogP contribution in [0.2, 0.25) is 0 Å². The number of carbonyl (C=O) groups is 1. The number of carbonyl (C=O) groups excluding carboxylic acids is 1. The van der Waals surface area contributed by atoms with E-state index in [1.165, 1.54) is 25.7 Å². The normalized spacial score (nSPS) is 32.7. The summed E-state index contributed by atoms with van der Waals surface area (Å²) >= 11 is 0. The smallest absolute Gasteiger partial charge is 0.223 e. The van der Waals surface area contributed by atoms with Crippen LogP contribution in [0.3, 0.4) is 0 Å². The summed E-state index contributed by atoms with van der Waals surface area (Å²) in [5, 5.41) is 12.1. The molecule has 3 unspecified atom stereocenters. The molecule has 2 aliphatic carbocycles. The van der Waals surface area contributed by atoms with Gasteiger partial charge in [0.1, 0.15) is 0 Å². The summed E-state index contributed by atoms with van der Waals surface area (Å²) in [6, 6.07) is -0.148. The summed E-state index contributed by atoms with van der Waals surface area (Å²) in [6.07, 6.45) is 5.66. The molecule has 0 aliphatic heterocycles. The fraction of sp³-hybridized carbons (Fsp3) is 0.923. The maximum atomic E-state index is 12.0. The summed E-state index contributed by atoms with van der Waals surface area (Å²) in [5.74, 6) is 1.64. The fourth-order valence-corrected chi connectivity index (χ4v) is 3.15. The van der Waals surface area contributed by atoms with Crippen molar-refractivity contribution in [3.8, 4) is 0 Å². The number of ether oxygens (including phenoxy) is 1. The first-order valence-electron chi connectivity index (χ1n) is 6.68. The lowest BCUT2D eigenvalue weighted by Crippen LogP contribution is -2.39. The third-order valence-corrected chi connectivity index (χ3v) is 4.20. The summed E-state index contributed by atoms with van der Waals surface area (Å²) in [5.41, 5.74) is 0. The average molecular weight is 241 g/mol. The van der Waals surface area contributed by atoms with Gasteiger partial charge in [-0.2, -0.15) is 0 Å². The molecule has 0 heterocycles. The van der Waals surface area contributed by atoms with E-state index in [9.17, 15) is 9.90 Å². The van der Waals surface area contributed by atoms with E-state index in [-0.39, 0.29) is 24.5 Å². The van der Waals surface area contributed by atoms with Crippen LogP contribution in [-0.4, -0.2) is 37.4 Å². The monoisotopic (exact) mass is 241 g/mol. The van der Waals surface area contributed by atoms with Gasteiger partial charge in [0.15, 0.2) is 0 Å². The maximum Gasteiger partial charge on any atom is 0.223 e. The van der Waals surface area contributed by atoms with Gasteiger partial charge in [-0.25, -0.2) is 0 Å². The Balaban J connectivity index is 1.76. The molecule has 2 N–H and O–H groups in total.